The number of benzene rings is 1. The number of aromatic nitrogens is 2. The van der Waals surface area contributed by atoms with Crippen LogP contribution in [0.1, 0.15) is 25.5 Å². The maximum absolute atomic E-state index is 11.1. The van der Waals surface area contributed by atoms with Gasteiger partial charge in [-0.25, -0.2) is 4.79 Å². The van der Waals surface area contributed by atoms with E-state index in [2.05, 4.69) is 9.97 Å². The number of hydrogen-bond acceptors (Lipinski definition) is 5. The summed E-state index contributed by atoms with van der Waals surface area (Å²) in [5, 5.41) is 0. The van der Waals surface area contributed by atoms with Crippen molar-refractivity contribution < 1.29 is 8.83 Å². The third-order valence-electron chi connectivity index (χ3n) is 2.90. The highest BCUT2D eigenvalue weighted by Gasteiger charge is 2.17. The van der Waals surface area contributed by atoms with Gasteiger partial charge in [-0.2, -0.15) is 4.98 Å². The van der Waals surface area contributed by atoms with Gasteiger partial charge >= 0.3 is 5.76 Å². The molecule has 0 aliphatic rings. The van der Waals surface area contributed by atoms with E-state index in [0.717, 1.165) is 11.3 Å². The van der Waals surface area contributed by atoms with Gasteiger partial charge in [0, 0.05) is 5.56 Å². The first-order chi connectivity index (χ1) is 9.04. The smallest absolute Gasteiger partial charge is 0.417 e. The van der Waals surface area contributed by atoms with E-state index in [1.807, 2.05) is 19.9 Å². The van der Waals surface area contributed by atoms with E-state index < -0.39 is 5.76 Å². The maximum atomic E-state index is 11.1. The van der Waals surface area contributed by atoms with E-state index in [-0.39, 0.29) is 11.9 Å². The Balaban J connectivity index is 2.20. The minimum Gasteiger partial charge on any atom is -0.423 e. The molecule has 2 aromatic heterocycles. The molecular weight excluding hydrogens is 246 g/mol. The number of oxazole rings is 2. The molecule has 0 saturated carbocycles. The predicted molar refractivity (Wildman–Crippen MR) is 70.8 cm³/mol. The minimum absolute atomic E-state index is 0.138. The molecule has 2 heterocycles. The molecule has 0 amide bonds. The number of nitrogens with one attached hydrogen (secondary N) is 1. The molecule has 19 heavy (non-hydrogen) atoms. The highest BCUT2D eigenvalue weighted by Crippen LogP contribution is 2.32. The number of H-pyrrole nitrogens is 1. The van der Waals surface area contributed by atoms with Crippen LogP contribution in [0, 0.1) is 0 Å². The zero-order chi connectivity index (χ0) is 13.6. The number of hydrogen-bond donors (Lipinski definition) is 2. The molecule has 3 rings (SSSR count). The van der Waals surface area contributed by atoms with Crippen LogP contribution < -0.4 is 11.5 Å². The fourth-order valence-corrected chi connectivity index (χ4v) is 2.04. The number of nitrogens with zero attached hydrogens (tertiary/aromatic N) is 1. The van der Waals surface area contributed by atoms with Crippen LogP contribution in [0.3, 0.4) is 0 Å². The van der Waals surface area contributed by atoms with Crippen molar-refractivity contribution in [2.75, 3.05) is 5.73 Å². The zero-order valence-corrected chi connectivity index (χ0v) is 10.6. The number of aromatic amines is 1. The lowest BCUT2D eigenvalue weighted by Crippen LogP contribution is -1.93. The fraction of sp³-hybridized carbons (Fsp3) is 0.231. The highest BCUT2D eigenvalue weighted by molar-refractivity contribution is 5.79. The second-order valence-corrected chi connectivity index (χ2v) is 4.65. The molecule has 1 aromatic carbocycles. The van der Waals surface area contributed by atoms with Gasteiger partial charge in [-0.05, 0) is 24.1 Å². The first-order valence-electron chi connectivity index (χ1n) is 5.94. The lowest BCUT2D eigenvalue weighted by atomic mass is 10.0. The van der Waals surface area contributed by atoms with Crippen molar-refractivity contribution >= 4 is 17.1 Å². The average molecular weight is 259 g/mol. The summed E-state index contributed by atoms with van der Waals surface area (Å²) in [6.45, 7) is 4.03. The van der Waals surface area contributed by atoms with E-state index >= 15 is 0 Å². The van der Waals surface area contributed by atoms with Crippen molar-refractivity contribution in [1.82, 2.24) is 9.97 Å². The zero-order valence-electron chi connectivity index (χ0n) is 10.6. The van der Waals surface area contributed by atoms with Gasteiger partial charge in [0.2, 0.25) is 0 Å². The second-order valence-electron chi connectivity index (χ2n) is 4.65. The summed E-state index contributed by atoms with van der Waals surface area (Å²) < 4.78 is 10.4. The number of nitrogen functional groups attached to an aromatic ring is 1. The third-order valence-corrected chi connectivity index (χ3v) is 2.90. The SMILES string of the molecule is CC(C)c1nc(N)oc1-c1ccc2oc(=O)[nH]c2c1. The summed E-state index contributed by atoms with van der Waals surface area (Å²) in [5.74, 6) is 0.333. The van der Waals surface area contributed by atoms with Crippen molar-refractivity contribution in [2.24, 2.45) is 0 Å². The molecule has 0 unspecified atom stereocenters. The molecule has 0 saturated heterocycles. The van der Waals surface area contributed by atoms with E-state index in [1.165, 1.54) is 0 Å². The van der Waals surface area contributed by atoms with Gasteiger partial charge in [-0.3, -0.25) is 4.98 Å². The molecule has 0 fully saturated rings. The molecular formula is C13H13N3O3. The Morgan fingerprint density at radius 2 is 2.11 bits per heavy atom. The Labute approximate surface area is 108 Å². The van der Waals surface area contributed by atoms with E-state index in [0.29, 0.717) is 16.9 Å². The molecule has 3 aromatic rings. The molecule has 0 spiro atoms. The monoisotopic (exact) mass is 259 g/mol. The Kier molecular flexibility index (Phi) is 2.45. The van der Waals surface area contributed by atoms with Crippen molar-refractivity contribution in [3.05, 3.63) is 34.4 Å². The number of anilines is 1. The van der Waals surface area contributed by atoms with Crippen LogP contribution in [0.25, 0.3) is 22.4 Å². The van der Waals surface area contributed by atoms with Crippen LogP contribution in [-0.4, -0.2) is 9.97 Å². The summed E-state index contributed by atoms with van der Waals surface area (Å²) in [4.78, 5) is 17.9. The van der Waals surface area contributed by atoms with Gasteiger partial charge in [0.05, 0.1) is 11.2 Å². The summed E-state index contributed by atoms with van der Waals surface area (Å²) in [6.07, 6.45) is 0. The van der Waals surface area contributed by atoms with Crippen LogP contribution in [0.2, 0.25) is 0 Å². The lowest BCUT2D eigenvalue weighted by molar-refractivity contribution is 0.555. The summed E-state index contributed by atoms with van der Waals surface area (Å²) in [5.41, 5.74) is 8.34. The minimum atomic E-state index is -0.478. The van der Waals surface area contributed by atoms with Gasteiger partial charge in [0.1, 0.15) is 0 Å². The van der Waals surface area contributed by atoms with E-state index in [9.17, 15) is 4.79 Å². The van der Waals surface area contributed by atoms with Crippen molar-refractivity contribution in [3.8, 4) is 11.3 Å². The first kappa shape index (κ1) is 11.6. The molecule has 6 heteroatoms. The Hall–Kier alpha value is -2.50. The Bertz CT molecular complexity index is 795. The molecule has 3 N–H and O–H groups in total. The fourth-order valence-electron chi connectivity index (χ4n) is 2.04. The standard InChI is InChI=1S/C13H13N3O3/c1-6(2)10-11(19-12(14)16-10)7-3-4-9-8(5-7)15-13(17)18-9/h3-6H,1-2H3,(H2,14,16)(H,15,17). The first-order valence-corrected chi connectivity index (χ1v) is 5.94. The lowest BCUT2D eigenvalue weighted by Gasteiger charge is -2.03. The Morgan fingerprint density at radius 3 is 2.84 bits per heavy atom. The Morgan fingerprint density at radius 1 is 1.32 bits per heavy atom. The highest BCUT2D eigenvalue weighted by atomic mass is 16.4. The van der Waals surface area contributed by atoms with Crippen molar-refractivity contribution in [1.29, 1.82) is 0 Å². The molecule has 0 atom stereocenters. The molecule has 0 aliphatic heterocycles. The number of rotatable bonds is 2. The number of fused-ring (bicyclic) bond motifs is 1. The summed E-state index contributed by atoms with van der Waals surface area (Å²) >= 11 is 0. The third kappa shape index (κ3) is 1.91. The van der Waals surface area contributed by atoms with E-state index in [1.54, 1.807) is 12.1 Å². The molecule has 98 valence electrons. The van der Waals surface area contributed by atoms with Gasteiger partial charge in [-0.15, -0.1) is 0 Å². The molecule has 0 radical (unpaired) electrons. The van der Waals surface area contributed by atoms with Gasteiger partial charge < -0.3 is 14.6 Å². The van der Waals surface area contributed by atoms with Gasteiger partial charge in [0.25, 0.3) is 6.01 Å². The quantitative estimate of drug-likeness (QED) is 0.736. The van der Waals surface area contributed by atoms with Crippen LogP contribution in [0.5, 0.6) is 0 Å². The summed E-state index contributed by atoms with van der Waals surface area (Å²) in [6, 6.07) is 5.45. The van der Waals surface area contributed by atoms with Gasteiger partial charge in [0.15, 0.2) is 11.3 Å². The van der Waals surface area contributed by atoms with Crippen LogP contribution >= 0.6 is 0 Å². The predicted octanol–water partition coefficient (Wildman–Crippen LogP) is 2.48. The van der Waals surface area contributed by atoms with Gasteiger partial charge in [-0.1, -0.05) is 13.8 Å². The largest absolute Gasteiger partial charge is 0.423 e. The van der Waals surface area contributed by atoms with Crippen molar-refractivity contribution in [3.63, 3.8) is 0 Å². The second kappa shape index (κ2) is 4.01. The van der Waals surface area contributed by atoms with Crippen LogP contribution in [0.15, 0.2) is 31.8 Å². The van der Waals surface area contributed by atoms with Crippen LogP contribution in [-0.2, 0) is 0 Å². The molecule has 6 nitrogen and oxygen atoms in total. The maximum Gasteiger partial charge on any atom is 0.417 e. The summed E-state index contributed by atoms with van der Waals surface area (Å²) in [7, 11) is 0. The normalized spacial score (nSPS) is 11.5. The number of nitrogens with two attached hydrogens (primary N) is 1. The van der Waals surface area contributed by atoms with Crippen LogP contribution in [0.4, 0.5) is 6.01 Å². The molecule has 0 bridgehead atoms. The van der Waals surface area contributed by atoms with Crippen molar-refractivity contribution in [2.45, 2.75) is 19.8 Å². The van der Waals surface area contributed by atoms with E-state index in [4.69, 9.17) is 14.6 Å². The average Bonchev–Trinajstić information content (AvgIpc) is 2.89. The molecule has 0 aliphatic carbocycles. The topological polar surface area (TPSA) is 98.0 Å².